The van der Waals surface area contributed by atoms with Crippen LogP contribution in [0.4, 0.5) is 0 Å². The zero-order chi connectivity index (χ0) is 16.7. The first-order chi connectivity index (χ1) is 11.2. The van der Waals surface area contributed by atoms with Gasteiger partial charge in [0.15, 0.2) is 11.9 Å². The van der Waals surface area contributed by atoms with Gasteiger partial charge in [-0.25, -0.2) is 0 Å². The summed E-state index contributed by atoms with van der Waals surface area (Å²) in [5, 5.41) is 0. The maximum Gasteiger partial charge on any atom is 0.182 e. The van der Waals surface area contributed by atoms with E-state index in [1.54, 1.807) is 7.11 Å². The maximum absolute atomic E-state index is 12.6. The second kappa shape index (κ2) is 8.37. The first kappa shape index (κ1) is 17.1. The Labute approximate surface area is 138 Å². The Balaban J connectivity index is 2.27. The molecular weight excluding hydrogens is 288 g/mol. The quantitative estimate of drug-likeness (QED) is 0.696. The number of hydrogen-bond acceptors (Lipinski definition) is 3. The van der Waals surface area contributed by atoms with E-state index in [1.807, 2.05) is 55.5 Å². The fourth-order valence-corrected chi connectivity index (χ4v) is 2.40. The van der Waals surface area contributed by atoms with Crippen molar-refractivity contribution in [2.75, 3.05) is 7.11 Å². The summed E-state index contributed by atoms with van der Waals surface area (Å²) >= 11 is 0. The molecule has 2 rings (SSSR count). The molecule has 0 aromatic heterocycles. The molecule has 0 fully saturated rings. The summed E-state index contributed by atoms with van der Waals surface area (Å²) in [7, 11) is 1.63. The summed E-state index contributed by atoms with van der Waals surface area (Å²) in [5.74, 6) is 1.63. The molecule has 0 saturated heterocycles. The van der Waals surface area contributed by atoms with Gasteiger partial charge in [0.2, 0.25) is 0 Å². The van der Waals surface area contributed by atoms with Gasteiger partial charge >= 0.3 is 0 Å². The molecule has 0 amide bonds. The molecule has 0 saturated carbocycles. The SMILES string of the molecule is CCCCC(=O)C(Oc1ccccc1C)c1ccc(OC)cc1. The standard InChI is InChI=1S/C20H24O3/c1-4-5-9-18(21)20(16-11-13-17(22-3)14-12-16)23-19-10-7-6-8-15(19)2/h6-8,10-14,20H,4-5,9H2,1-3H3. The fraction of sp³-hybridized carbons (Fsp3) is 0.350. The number of hydrogen-bond donors (Lipinski definition) is 0. The fourth-order valence-electron chi connectivity index (χ4n) is 2.40. The van der Waals surface area contributed by atoms with Crippen LogP contribution in [0, 0.1) is 6.92 Å². The highest BCUT2D eigenvalue weighted by molar-refractivity contribution is 5.84. The average Bonchev–Trinajstić information content (AvgIpc) is 2.59. The molecule has 1 unspecified atom stereocenters. The van der Waals surface area contributed by atoms with Crippen LogP contribution in [0.2, 0.25) is 0 Å². The molecule has 0 radical (unpaired) electrons. The number of rotatable bonds is 8. The van der Waals surface area contributed by atoms with Crippen molar-refractivity contribution in [3.8, 4) is 11.5 Å². The Kier molecular flexibility index (Phi) is 6.21. The third-order valence-corrected chi connectivity index (χ3v) is 3.83. The summed E-state index contributed by atoms with van der Waals surface area (Å²) in [6, 6.07) is 15.3. The van der Waals surface area contributed by atoms with Crippen molar-refractivity contribution >= 4 is 5.78 Å². The van der Waals surface area contributed by atoms with E-state index in [9.17, 15) is 4.79 Å². The molecule has 1 atom stereocenters. The van der Waals surface area contributed by atoms with Crippen LogP contribution in [-0.2, 0) is 4.79 Å². The zero-order valence-electron chi connectivity index (χ0n) is 14.0. The van der Waals surface area contributed by atoms with Gasteiger partial charge in [-0.15, -0.1) is 0 Å². The largest absolute Gasteiger partial charge is 0.497 e. The second-order valence-electron chi connectivity index (χ2n) is 5.61. The van der Waals surface area contributed by atoms with E-state index in [1.165, 1.54) is 0 Å². The molecule has 0 spiro atoms. The summed E-state index contributed by atoms with van der Waals surface area (Å²) in [6.07, 6.45) is 1.82. The van der Waals surface area contributed by atoms with E-state index in [0.717, 1.165) is 35.5 Å². The highest BCUT2D eigenvalue weighted by atomic mass is 16.5. The number of unbranched alkanes of at least 4 members (excludes halogenated alkanes) is 1. The number of aryl methyl sites for hydroxylation is 1. The van der Waals surface area contributed by atoms with E-state index in [-0.39, 0.29) is 5.78 Å². The number of carbonyl (C=O) groups is 1. The first-order valence-corrected chi connectivity index (χ1v) is 8.04. The van der Waals surface area contributed by atoms with Crippen molar-refractivity contribution in [2.24, 2.45) is 0 Å². The molecule has 0 heterocycles. The van der Waals surface area contributed by atoms with Crippen LogP contribution in [0.15, 0.2) is 48.5 Å². The van der Waals surface area contributed by atoms with Gasteiger partial charge < -0.3 is 9.47 Å². The zero-order valence-corrected chi connectivity index (χ0v) is 14.0. The molecule has 3 heteroatoms. The average molecular weight is 312 g/mol. The van der Waals surface area contributed by atoms with Gasteiger partial charge in [-0.05, 0) is 37.1 Å². The Morgan fingerprint density at radius 1 is 1.09 bits per heavy atom. The topological polar surface area (TPSA) is 35.5 Å². The molecular formula is C20H24O3. The van der Waals surface area contributed by atoms with Crippen LogP contribution in [0.1, 0.15) is 43.4 Å². The Morgan fingerprint density at radius 3 is 2.39 bits per heavy atom. The lowest BCUT2D eigenvalue weighted by Crippen LogP contribution is -2.19. The van der Waals surface area contributed by atoms with E-state index in [4.69, 9.17) is 9.47 Å². The van der Waals surface area contributed by atoms with Crippen molar-refractivity contribution in [3.63, 3.8) is 0 Å². The highest BCUT2D eigenvalue weighted by Crippen LogP contribution is 2.28. The Hall–Kier alpha value is -2.29. The maximum atomic E-state index is 12.6. The van der Waals surface area contributed by atoms with Gasteiger partial charge in [0.25, 0.3) is 0 Å². The summed E-state index contributed by atoms with van der Waals surface area (Å²) in [5.41, 5.74) is 1.88. The summed E-state index contributed by atoms with van der Waals surface area (Å²) in [4.78, 5) is 12.6. The van der Waals surface area contributed by atoms with E-state index in [2.05, 4.69) is 6.92 Å². The van der Waals surface area contributed by atoms with Gasteiger partial charge in [-0.3, -0.25) is 4.79 Å². The predicted octanol–water partition coefficient (Wildman–Crippen LogP) is 4.88. The van der Waals surface area contributed by atoms with Crippen molar-refractivity contribution < 1.29 is 14.3 Å². The first-order valence-electron chi connectivity index (χ1n) is 8.04. The number of benzene rings is 2. The smallest absolute Gasteiger partial charge is 0.182 e. The van der Waals surface area contributed by atoms with Crippen LogP contribution >= 0.6 is 0 Å². The number of methoxy groups -OCH3 is 1. The van der Waals surface area contributed by atoms with Gasteiger partial charge in [-0.2, -0.15) is 0 Å². The Bertz CT molecular complexity index is 632. The van der Waals surface area contributed by atoms with Gasteiger partial charge in [0.1, 0.15) is 11.5 Å². The number of carbonyl (C=O) groups excluding carboxylic acids is 1. The number of ether oxygens (including phenoxy) is 2. The van der Waals surface area contributed by atoms with Crippen LogP contribution in [0.5, 0.6) is 11.5 Å². The third-order valence-electron chi connectivity index (χ3n) is 3.83. The molecule has 122 valence electrons. The van der Waals surface area contributed by atoms with Crippen molar-refractivity contribution in [1.29, 1.82) is 0 Å². The van der Waals surface area contributed by atoms with Gasteiger partial charge in [-0.1, -0.05) is 43.7 Å². The highest BCUT2D eigenvalue weighted by Gasteiger charge is 2.22. The van der Waals surface area contributed by atoms with E-state index >= 15 is 0 Å². The molecule has 3 nitrogen and oxygen atoms in total. The number of Topliss-reactive ketones (excluding diaryl/α,β-unsaturated/α-hetero) is 1. The predicted molar refractivity (Wildman–Crippen MR) is 92.1 cm³/mol. The molecule has 0 aliphatic carbocycles. The minimum atomic E-state index is -0.575. The molecule has 0 aliphatic rings. The van der Waals surface area contributed by atoms with Gasteiger partial charge in [0, 0.05) is 12.0 Å². The molecule has 2 aromatic carbocycles. The van der Waals surface area contributed by atoms with Crippen molar-refractivity contribution in [1.82, 2.24) is 0 Å². The minimum Gasteiger partial charge on any atom is -0.497 e. The van der Waals surface area contributed by atoms with Crippen LogP contribution in [-0.4, -0.2) is 12.9 Å². The third kappa shape index (κ3) is 4.59. The lowest BCUT2D eigenvalue weighted by Gasteiger charge is -2.20. The second-order valence-corrected chi connectivity index (χ2v) is 5.61. The summed E-state index contributed by atoms with van der Waals surface area (Å²) < 4.78 is 11.3. The monoisotopic (exact) mass is 312 g/mol. The van der Waals surface area contributed by atoms with Crippen LogP contribution < -0.4 is 9.47 Å². The van der Waals surface area contributed by atoms with E-state index in [0.29, 0.717) is 6.42 Å². The van der Waals surface area contributed by atoms with Crippen molar-refractivity contribution in [3.05, 3.63) is 59.7 Å². The molecule has 0 aliphatic heterocycles. The molecule has 2 aromatic rings. The normalized spacial score (nSPS) is 11.8. The van der Waals surface area contributed by atoms with Crippen molar-refractivity contribution in [2.45, 2.75) is 39.2 Å². The van der Waals surface area contributed by atoms with Crippen LogP contribution in [0.25, 0.3) is 0 Å². The Morgan fingerprint density at radius 2 is 1.78 bits per heavy atom. The number of ketones is 1. The lowest BCUT2D eigenvalue weighted by molar-refractivity contribution is -0.126. The van der Waals surface area contributed by atoms with E-state index < -0.39 is 6.10 Å². The lowest BCUT2D eigenvalue weighted by atomic mass is 10.0. The molecule has 0 N–H and O–H groups in total. The number of para-hydroxylation sites is 1. The van der Waals surface area contributed by atoms with Crippen LogP contribution in [0.3, 0.4) is 0 Å². The van der Waals surface area contributed by atoms with Gasteiger partial charge in [0.05, 0.1) is 7.11 Å². The minimum absolute atomic E-state index is 0.111. The molecule has 0 bridgehead atoms. The molecule has 23 heavy (non-hydrogen) atoms. The summed E-state index contributed by atoms with van der Waals surface area (Å²) in [6.45, 7) is 4.06.